The SMILES string of the molecule is Cl.O=C(NCCC1CCCNC1)C(c1ccccc1)c1ccccc1. The van der Waals surface area contributed by atoms with Crippen LogP contribution in [0.1, 0.15) is 36.3 Å². The van der Waals surface area contributed by atoms with Crippen molar-refractivity contribution in [3.05, 3.63) is 71.8 Å². The minimum absolute atomic E-state index is 0. The first-order chi connectivity index (χ1) is 11.8. The molecule has 0 bridgehead atoms. The third kappa shape index (κ3) is 5.58. The quantitative estimate of drug-likeness (QED) is 0.825. The minimum Gasteiger partial charge on any atom is -0.355 e. The molecule has 3 rings (SSSR count). The van der Waals surface area contributed by atoms with Gasteiger partial charge in [0.05, 0.1) is 5.92 Å². The second-order valence-electron chi connectivity index (χ2n) is 6.55. The number of carbonyl (C=O) groups excluding carboxylic acids is 1. The van der Waals surface area contributed by atoms with Crippen LogP contribution in [0.4, 0.5) is 0 Å². The molecule has 0 radical (unpaired) electrons. The molecular formula is C21H27ClN2O. The maximum atomic E-state index is 12.9. The van der Waals surface area contributed by atoms with Crippen LogP contribution in [0.15, 0.2) is 60.7 Å². The molecular weight excluding hydrogens is 332 g/mol. The largest absolute Gasteiger partial charge is 0.355 e. The lowest BCUT2D eigenvalue weighted by Gasteiger charge is -2.23. The van der Waals surface area contributed by atoms with Crippen LogP contribution in [0, 0.1) is 5.92 Å². The lowest BCUT2D eigenvalue weighted by molar-refractivity contribution is -0.121. The molecule has 25 heavy (non-hydrogen) atoms. The highest BCUT2D eigenvalue weighted by Crippen LogP contribution is 2.24. The summed E-state index contributed by atoms with van der Waals surface area (Å²) in [5.74, 6) is 0.541. The molecule has 1 heterocycles. The molecule has 3 nitrogen and oxygen atoms in total. The molecule has 1 atom stereocenters. The van der Waals surface area contributed by atoms with E-state index < -0.39 is 0 Å². The van der Waals surface area contributed by atoms with Gasteiger partial charge >= 0.3 is 0 Å². The highest BCUT2D eigenvalue weighted by atomic mass is 35.5. The van der Waals surface area contributed by atoms with E-state index >= 15 is 0 Å². The molecule has 1 aliphatic heterocycles. The molecule has 2 aromatic rings. The molecule has 1 unspecified atom stereocenters. The van der Waals surface area contributed by atoms with Crippen molar-refractivity contribution in [3.63, 3.8) is 0 Å². The van der Waals surface area contributed by atoms with Crippen molar-refractivity contribution in [3.8, 4) is 0 Å². The Labute approximate surface area is 156 Å². The molecule has 0 saturated carbocycles. The van der Waals surface area contributed by atoms with Gasteiger partial charge < -0.3 is 10.6 Å². The van der Waals surface area contributed by atoms with Gasteiger partial charge in [-0.2, -0.15) is 0 Å². The first-order valence-electron chi connectivity index (χ1n) is 8.93. The monoisotopic (exact) mass is 358 g/mol. The van der Waals surface area contributed by atoms with Crippen LogP contribution in [-0.2, 0) is 4.79 Å². The third-order valence-electron chi connectivity index (χ3n) is 4.78. The Bertz CT molecular complexity index is 587. The molecule has 4 heteroatoms. The van der Waals surface area contributed by atoms with Gasteiger partial charge in [0.25, 0.3) is 0 Å². The summed E-state index contributed by atoms with van der Waals surface area (Å²) in [5, 5.41) is 6.60. The smallest absolute Gasteiger partial charge is 0.232 e. The Morgan fingerprint density at radius 3 is 2.16 bits per heavy atom. The van der Waals surface area contributed by atoms with Gasteiger partial charge in [0.2, 0.25) is 5.91 Å². The van der Waals surface area contributed by atoms with Gasteiger partial charge in [0, 0.05) is 6.54 Å². The normalized spacial score (nSPS) is 16.9. The number of halogens is 1. The van der Waals surface area contributed by atoms with Crippen LogP contribution in [0.2, 0.25) is 0 Å². The van der Waals surface area contributed by atoms with Crippen LogP contribution in [0.3, 0.4) is 0 Å². The number of benzene rings is 2. The molecule has 1 fully saturated rings. The molecule has 2 N–H and O–H groups in total. The Morgan fingerprint density at radius 1 is 1.04 bits per heavy atom. The average Bonchev–Trinajstić information content (AvgIpc) is 2.65. The van der Waals surface area contributed by atoms with Crippen LogP contribution < -0.4 is 10.6 Å². The Morgan fingerprint density at radius 2 is 1.64 bits per heavy atom. The molecule has 1 saturated heterocycles. The summed E-state index contributed by atoms with van der Waals surface area (Å²) in [4.78, 5) is 12.9. The summed E-state index contributed by atoms with van der Waals surface area (Å²) in [6, 6.07) is 20.1. The lowest BCUT2D eigenvalue weighted by atomic mass is 9.90. The Balaban J connectivity index is 0.00000225. The first kappa shape index (κ1) is 19.5. The molecule has 134 valence electrons. The second kappa shape index (κ2) is 10.2. The highest BCUT2D eigenvalue weighted by Gasteiger charge is 2.22. The van der Waals surface area contributed by atoms with Gasteiger partial charge in [-0.25, -0.2) is 0 Å². The average molecular weight is 359 g/mol. The predicted octanol–water partition coefficient (Wildman–Crippen LogP) is 3.75. The van der Waals surface area contributed by atoms with Crippen molar-refractivity contribution in [2.24, 2.45) is 5.92 Å². The summed E-state index contributed by atoms with van der Waals surface area (Å²) in [6.45, 7) is 2.96. The first-order valence-corrected chi connectivity index (χ1v) is 8.93. The fourth-order valence-electron chi connectivity index (χ4n) is 3.46. The van der Waals surface area contributed by atoms with Crippen molar-refractivity contribution in [1.29, 1.82) is 0 Å². The van der Waals surface area contributed by atoms with Crippen LogP contribution >= 0.6 is 12.4 Å². The zero-order chi connectivity index (χ0) is 16.6. The number of amides is 1. The van der Waals surface area contributed by atoms with E-state index in [0.717, 1.165) is 37.2 Å². The van der Waals surface area contributed by atoms with E-state index in [2.05, 4.69) is 10.6 Å². The number of hydrogen-bond donors (Lipinski definition) is 2. The number of piperidine rings is 1. The van der Waals surface area contributed by atoms with Gasteiger partial charge in [-0.1, -0.05) is 60.7 Å². The van der Waals surface area contributed by atoms with Crippen LogP contribution in [0.5, 0.6) is 0 Å². The van der Waals surface area contributed by atoms with E-state index in [1.807, 2.05) is 60.7 Å². The summed E-state index contributed by atoms with van der Waals surface area (Å²) in [6.07, 6.45) is 3.56. The van der Waals surface area contributed by atoms with E-state index in [0.29, 0.717) is 5.92 Å². The van der Waals surface area contributed by atoms with Crippen molar-refractivity contribution in [2.75, 3.05) is 19.6 Å². The topological polar surface area (TPSA) is 41.1 Å². The van der Waals surface area contributed by atoms with Gasteiger partial charge in [0.1, 0.15) is 0 Å². The molecule has 0 spiro atoms. The second-order valence-corrected chi connectivity index (χ2v) is 6.55. The summed E-state index contributed by atoms with van der Waals surface area (Å²) in [5.41, 5.74) is 2.08. The van der Waals surface area contributed by atoms with E-state index in [1.165, 1.54) is 12.8 Å². The number of rotatable bonds is 6. The molecule has 1 aliphatic rings. The Hall–Kier alpha value is -1.84. The van der Waals surface area contributed by atoms with Gasteiger partial charge in [-0.05, 0) is 49.4 Å². The molecule has 0 aliphatic carbocycles. The van der Waals surface area contributed by atoms with Crippen molar-refractivity contribution in [1.82, 2.24) is 10.6 Å². The summed E-state index contributed by atoms with van der Waals surface area (Å²) >= 11 is 0. The van der Waals surface area contributed by atoms with Crippen LogP contribution in [-0.4, -0.2) is 25.5 Å². The van der Waals surface area contributed by atoms with Gasteiger partial charge in [-0.3, -0.25) is 4.79 Å². The zero-order valence-electron chi connectivity index (χ0n) is 14.5. The van der Waals surface area contributed by atoms with Crippen molar-refractivity contribution in [2.45, 2.75) is 25.2 Å². The van der Waals surface area contributed by atoms with Crippen molar-refractivity contribution < 1.29 is 4.79 Å². The fourth-order valence-corrected chi connectivity index (χ4v) is 3.46. The minimum atomic E-state index is -0.239. The molecule has 2 aromatic carbocycles. The van der Waals surface area contributed by atoms with Gasteiger partial charge in [0.15, 0.2) is 0 Å². The summed E-state index contributed by atoms with van der Waals surface area (Å²) in [7, 11) is 0. The molecule has 1 amide bonds. The highest BCUT2D eigenvalue weighted by molar-refractivity contribution is 5.87. The van der Waals surface area contributed by atoms with E-state index in [4.69, 9.17) is 0 Å². The fraction of sp³-hybridized carbons (Fsp3) is 0.381. The number of nitrogens with one attached hydrogen (secondary N) is 2. The van der Waals surface area contributed by atoms with Crippen LogP contribution in [0.25, 0.3) is 0 Å². The maximum Gasteiger partial charge on any atom is 0.232 e. The van der Waals surface area contributed by atoms with Gasteiger partial charge in [-0.15, -0.1) is 12.4 Å². The Kier molecular flexibility index (Phi) is 7.96. The third-order valence-corrected chi connectivity index (χ3v) is 4.78. The number of hydrogen-bond acceptors (Lipinski definition) is 2. The number of carbonyl (C=O) groups is 1. The maximum absolute atomic E-state index is 12.9. The standard InChI is InChI=1S/C21H26N2O.ClH/c24-21(23-15-13-17-8-7-14-22-16-17)20(18-9-3-1-4-10-18)19-11-5-2-6-12-19;/h1-6,9-12,17,20,22H,7-8,13-16H2,(H,23,24);1H. The van der Waals surface area contributed by atoms with Crippen molar-refractivity contribution >= 4 is 18.3 Å². The van der Waals surface area contributed by atoms with E-state index in [-0.39, 0.29) is 24.2 Å². The predicted molar refractivity (Wildman–Crippen MR) is 105 cm³/mol. The van der Waals surface area contributed by atoms with E-state index in [1.54, 1.807) is 0 Å². The molecule has 0 aromatic heterocycles. The van der Waals surface area contributed by atoms with E-state index in [9.17, 15) is 4.79 Å². The summed E-state index contributed by atoms with van der Waals surface area (Å²) < 4.78 is 0. The zero-order valence-corrected chi connectivity index (χ0v) is 15.3. The lowest BCUT2D eigenvalue weighted by Crippen LogP contribution is -2.35.